The predicted molar refractivity (Wildman–Crippen MR) is 128 cm³/mol. The zero-order valence-electron chi connectivity index (χ0n) is 20.2. The molecule has 0 aliphatic heterocycles. The maximum atomic E-state index is 14.3. The topological polar surface area (TPSA) is 124 Å². The standard InChI is InChI=1S/C26H22F4N4O4/c1-13-23(14(2)38-34-13)19-10-17(27)7-8-18(19)24(26(28,29)30)37-22-11-21(32-12-33-22)16-5-3-15(4-6-16)9-20(31)25(35)36/h3-8,10-12,20,24H,9,31H2,1-2H3,(H,35,36)/t20-,24?/m0/s1. The van der Waals surface area contributed by atoms with Crippen molar-refractivity contribution in [3.63, 3.8) is 0 Å². The third-order valence-electron chi connectivity index (χ3n) is 5.80. The van der Waals surface area contributed by atoms with Gasteiger partial charge in [0.2, 0.25) is 12.0 Å². The first-order chi connectivity index (χ1) is 17.9. The fourth-order valence-electron chi connectivity index (χ4n) is 3.98. The molecule has 38 heavy (non-hydrogen) atoms. The second-order valence-corrected chi connectivity index (χ2v) is 8.56. The van der Waals surface area contributed by atoms with Gasteiger partial charge in [0, 0.05) is 22.8 Å². The molecule has 4 rings (SSSR count). The van der Waals surface area contributed by atoms with Crippen molar-refractivity contribution in [2.45, 2.75) is 38.6 Å². The van der Waals surface area contributed by atoms with E-state index in [2.05, 4.69) is 15.1 Å². The highest BCUT2D eigenvalue weighted by Crippen LogP contribution is 2.42. The number of carboxylic acids is 1. The SMILES string of the molecule is Cc1noc(C)c1-c1cc(F)ccc1C(Oc1cc(-c2ccc(C[C@H](N)C(=O)O)cc2)ncn1)C(F)(F)F. The zero-order valence-corrected chi connectivity index (χ0v) is 20.2. The number of aromatic nitrogens is 3. The lowest BCUT2D eigenvalue weighted by molar-refractivity contribution is -0.198. The van der Waals surface area contributed by atoms with Crippen LogP contribution in [0.5, 0.6) is 5.88 Å². The predicted octanol–water partition coefficient (Wildman–Crippen LogP) is 5.19. The smallest absolute Gasteiger partial charge is 0.429 e. The van der Waals surface area contributed by atoms with E-state index in [0.717, 1.165) is 24.5 Å². The van der Waals surface area contributed by atoms with Crippen LogP contribution in [0.1, 0.15) is 28.7 Å². The lowest BCUT2D eigenvalue weighted by Crippen LogP contribution is -2.32. The van der Waals surface area contributed by atoms with Crippen LogP contribution in [0.4, 0.5) is 17.6 Å². The number of aliphatic carboxylic acids is 1. The average molecular weight is 530 g/mol. The molecular weight excluding hydrogens is 508 g/mol. The van der Waals surface area contributed by atoms with Gasteiger partial charge in [0.25, 0.3) is 0 Å². The number of benzene rings is 2. The highest BCUT2D eigenvalue weighted by atomic mass is 19.4. The number of hydrogen-bond donors (Lipinski definition) is 2. The number of halogens is 4. The Kier molecular flexibility index (Phi) is 7.44. The van der Waals surface area contributed by atoms with Gasteiger partial charge in [-0.25, -0.2) is 14.4 Å². The third kappa shape index (κ3) is 5.80. The van der Waals surface area contributed by atoms with Crippen molar-refractivity contribution in [1.29, 1.82) is 0 Å². The molecule has 0 spiro atoms. The van der Waals surface area contributed by atoms with E-state index in [9.17, 15) is 22.4 Å². The van der Waals surface area contributed by atoms with Crippen LogP contribution in [0.25, 0.3) is 22.4 Å². The number of nitrogens with zero attached hydrogens (tertiary/aromatic N) is 3. The summed E-state index contributed by atoms with van der Waals surface area (Å²) in [6, 6.07) is 9.64. The molecule has 2 aromatic carbocycles. The summed E-state index contributed by atoms with van der Waals surface area (Å²) in [4.78, 5) is 18.9. The number of nitrogens with two attached hydrogens (primary N) is 1. The Morgan fingerprint density at radius 2 is 1.82 bits per heavy atom. The highest BCUT2D eigenvalue weighted by molar-refractivity contribution is 5.74. The Bertz CT molecular complexity index is 1440. The number of carbonyl (C=O) groups is 1. The van der Waals surface area contributed by atoms with Crippen molar-refractivity contribution in [3.8, 4) is 28.3 Å². The molecule has 1 unspecified atom stereocenters. The normalized spacial score (nSPS) is 13.2. The summed E-state index contributed by atoms with van der Waals surface area (Å²) in [5, 5.41) is 12.7. The average Bonchev–Trinajstić information content (AvgIpc) is 3.20. The molecule has 0 saturated heterocycles. The number of carboxylic acid groups (broad SMARTS) is 1. The molecule has 0 amide bonds. The van der Waals surface area contributed by atoms with Crippen molar-refractivity contribution >= 4 is 5.97 Å². The molecule has 12 heteroatoms. The Balaban J connectivity index is 1.67. The van der Waals surface area contributed by atoms with Gasteiger partial charge in [-0.15, -0.1) is 0 Å². The maximum absolute atomic E-state index is 14.3. The molecule has 2 aromatic heterocycles. The van der Waals surface area contributed by atoms with E-state index in [1.165, 1.54) is 13.0 Å². The van der Waals surface area contributed by atoms with Crippen molar-refractivity contribution < 1.29 is 36.7 Å². The molecule has 8 nitrogen and oxygen atoms in total. The molecule has 0 bridgehead atoms. The lowest BCUT2D eigenvalue weighted by atomic mass is 9.94. The summed E-state index contributed by atoms with van der Waals surface area (Å²) < 4.78 is 67.4. The summed E-state index contributed by atoms with van der Waals surface area (Å²) in [5.41, 5.74) is 7.16. The summed E-state index contributed by atoms with van der Waals surface area (Å²) in [6.45, 7) is 3.06. The van der Waals surface area contributed by atoms with Crippen LogP contribution >= 0.6 is 0 Å². The molecule has 4 aromatic rings. The molecule has 0 radical (unpaired) electrons. The van der Waals surface area contributed by atoms with Crippen LogP contribution in [-0.4, -0.2) is 38.4 Å². The molecule has 198 valence electrons. The molecule has 2 heterocycles. The summed E-state index contributed by atoms with van der Waals surface area (Å²) >= 11 is 0. The van der Waals surface area contributed by atoms with Gasteiger partial charge in [-0.3, -0.25) is 4.79 Å². The first-order valence-corrected chi connectivity index (χ1v) is 11.3. The van der Waals surface area contributed by atoms with Gasteiger partial charge in [0.05, 0.1) is 11.4 Å². The van der Waals surface area contributed by atoms with Crippen LogP contribution < -0.4 is 10.5 Å². The Morgan fingerprint density at radius 3 is 2.42 bits per heavy atom. The Morgan fingerprint density at radius 1 is 1.11 bits per heavy atom. The number of alkyl halides is 3. The molecule has 0 saturated carbocycles. The summed E-state index contributed by atoms with van der Waals surface area (Å²) in [5.74, 6) is -2.00. The monoisotopic (exact) mass is 530 g/mol. The minimum Gasteiger partial charge on any atom is -0.480 e. The zero-order chi connectivity index (χ0) is 27.6. The number of ether oxygens (including phenoxy) is 1. The number of aryl methyl sites for hydroxylation is 2. The Labute approximate surface area is 214 Å². The van der Waals surface area contributed by atoms with Crippen molar-refractivity contribution in [1.82, 2.24) is 15.1 Å². The van der Waals surface area contributed by atoms with E-state index in [4.69, 9.17) is 20.1 Å². The minimum atomic E-state index is -4.89. The molecule has 3 N–H and O–H groups in total. The van der Waals surface area contributed by atoms with Crippen LogP contribution in [-0.2, 0) is 11.2 Å². The van der Waals surface area contributed by atoms with E-state index < -0.39 is 30.1 Å². The fourth-order valence-corrected chi connectivity index (χ4v) is 3.98. The van der Waals surface area contributed by atoms with Gasteiger partial charge in [0.1, 0.15) is 23.9 Å². The van der Waals surface area contributed by atoms with Gasteiger partial charge in [-0.2, -0.15) is 13.2 Å². The summed E-state index contributed by atoms with van der Waals surface area (Å²) in [7, 11) is 0. The largest absolute Gasteiger partial charge is 0.480 e. The number of hydrogen-bond acceptors (Lipinski definition) is 7. The van der Waals surface area contributed by atoms with E-state index >= 15 is 0 Å². The molecular formula is C26H22F4N4O4. The third-order valence-corrected chi connectivity index (χ3v) is 5.80. The van der Waals surface area contributed by atoms with Gasteiger partial charge in [0.15, 0.2) is 0 Å². The first kappa shape index (κ1) is 26.7. The van der Waals surface area contributed by atoms with Crippen LogP contribution in [0, 0.1) is 19.7 Å². The highest BCUT2D eigenvalue weighted by Gasteiger charge is 2.45. The second-order valence-electron chi connectivity index (χ2n) is 8.56. The second kappa shape index (κ2) is 10.6. The summed E-state index contributed by atoms with van der Waals surface area (Å²) in [6.07, 6.45) is -6.21. The molecule has 0 fully saturated rings. The lowest BCUT2D eigenvalue weighted by Gasteiger charge is -2.24. The van der Waals surface area contributed by atoms with Gasteiger partial charge >= 0.3 is 12.1 Å². The molecule has 0 aliphatic carbocycles. The van der Waals surface area contributed by atoms with E-state index in [-0.39, 0.29) is 40.4 Å². The van der Waals surface area contributed by atoms with Crippen LogP contribution in [0.2, 0.25) is 0 Å². The van der Waals surface area contributed by atoms with Gasteiger partial charge in [-0.1, -0.05) is 35.5 Å². The Hall–Kier alpha value is -4.32. The quantitative estimate of drug-likeness (QED) is 0.298. The van der Waals surface area contributed by atoms with Crippen molar-refractivity contribution in [2.75, 3.05) is 0 Å². The number of rotatable bonds is 8. The molecule has 2 atom stereocenters. The van der Waals surface area contributed by atoms with Crippen molar-refractivity contribution in [2.24, 2.45) is 5.73 Å². The van der Waals surface area contributed by atoms with Crippen LogP contribution in [0.15, 0.2) is 59.4 Å². The fraction of sp³-hybridized carbons (Fsp3) is 0.231. The van der Waals surface area contributed by atoms with Crippen molar-refractivity contribution in [3.05, 3.63) is 83.3 Å². The van der Waals surface area contributed by atoms with E-state index in [1.54, 1.807) is 31.2 Å². The maximum Gasteiger partial charge on any atom is 0.429 e. The first-order valence-electron chi connectivity index (χ1n) is 11.3. The minimum absolute atomic E-state index is 0.0620. The molecule has 0 aliphatic rings. The van der Waals surface area contributed by atoms with Gasteiger partial charge in [-0.05, 0) is 43.5 Å². The van der Waals surface area contributed by atoms with Gasteiger partial charge < -0.3 is 20.1 Å². The van der Waals surface area contributed by atoms with E-state index in [1.807, 2.05) is 0 Å². The van der Waals surface area contributed by atoms with Crippen LogP contribution in [0.3, 0.4) is 0 Å². The van der Waals surface area contributed by atoms with E-state index in [0.29, 0.717) is 16.8 Å².